The van der Waals surface area contributed by atoms with E-state index in [2.05, 4.69) is 20.4 Å². The van der Waals surface area contributed by atoms with Crippen LogP contribution in [-0.2, 0) is 0 Å². The summed E-state index contributed by atoms with van der Waals surface area (Å²) in [6.45, 7) is 3.39. The van der Waals surface area contributed by atoms with Gasteiger partial charge < -0.3 is 15.2 Å². The van der Waals surface area contributed by atoms with Crippen LogP contribution in [0.1, 0.15) is 22.3 Å². The summed E-state index contributed by atoms with van der Waals surface area (Å²) in [4.78, 5) is 21.6. The van der Waals surface area contributed by atoms with Crippen molar-refractivity contribution in [2.24, 2.45) is 0 Å². The van der Waals surface area contributed by atoms with Crippen molar-refractivity contribution in [3.63, 3.8) is 0 Å². The second-order valence-electron chi connectivity index (χ2n) is 5.88. The number of nitrogens with one attached hydrogen (secondary N) is 2. The maximum atomic E-state index is 12.5. The van der Waals surface area contributed by atoms with Gasteiger partial charge in [-0.3, -0.25) is 4.79 Å². The number of likely N-dealkylation sites (tertiary alicyclic amines) is 1. The van der Waals surface area contributed by atoms with Crippen LogP contribution in [-0.4, -0.2) is 49.5 Å². The third kappa shape index (κ3) is 2.54. The van der Waals surface area contributed by atoms with Gasteiger partial charge in [0.05, 0.1) is 5.56 Å². The van der Waals surface area contributed by atoms with Crippen molar-refractivity contribution in [2.45, 2.75) is 19.4 Å². The zero-order valence-electron chi connectivity index (χ0n) is 12.9. The highest BCUT2D eigenvalue weighted by molar-refractivity contribution is 5.95. The summed E-state index contributed by atoms with van der Waals surface area (Å²) in [6, 6.07) is 4.06. The average molecular weight is 310 g/mol. The number of aromatic nitrogens is 4. The van der Waals surface area contributed by atoms with E-state index in [-0.39, 0.29) is 11.9 Å². The number of hydrogen-bond acceptors (Lipinski definition) is 4. The molecule has 0 radical (unpaired) electrons. The lowest BCUT2D eigenvalue weighted by Crippen LogP contribution is -2.31. The van der Waals surface area contributed by atoms with Gasteiger partial charge in [-0.25, -0.2) is 9.50 Å². The van der Waals surface area contributed by atoms with Gasteiger partial charge in [0, 0.05) is 43.9 Å². The first kappa shape index (κ1) is 13.8. The summed E-state index contributed by atoms with van der Waals surface area (Å²) in [5.74, 6) is 0.888. The van der Waals surface area contributed by atoms with Gasteiger partial charge in [0.2, 0.25) is 0 Å². The summed E-state index contributed by atoms with van der Waals surface area (Å²) in [5, 5.41) is 7.87. The molecule has 0 aliphatic carbocycles. The quantitative estimate of drug-likeness (QED) is 0.772. The standard InChI is InChI=1S/C16H18N6O/c1-11-8-17-9-13(11)16(23)21-6-4-12(10-21)19-14-2-3-15-18-5-7-22(15)20-14/h2-3,5,7-9,12,17H,4,6,10H2,1H3,(H,19,20)/t12-/m0/s1. The first-order valence-corrected chi connectivity index (χ1v) is 7.70. The molecule has 7 nitrogen and oxygen atoms in total. The minimum Gasteiger partial charge on any atom is -0.367 e. The zero-order chi connectivity index (χ0) is 15.8. The first-order valence-electron chi connectivity index (χ1n) is 7.70. The number of imidazole rings is 1. The molecule has 0 spiro atoms. The van der Waals surface area contributed by atoms with E-state index >= 15 is 0 Å². The van der Waals surface area contributed by atoms with Crippen LogP contribution in [0.4, 0.5) is 5.82 Å². The Morgan fingerprint density at radius 3 is 3.13 bits per heavy atom. The molecule has 4 rings (SSSR count). The number of rotatable bonds is 3. The fourth-order valence-corrected chi connectivity index (χ4v) is 3.01. The number of anilines is 1. The minimum atomic E-state index is 0.0890. The largest absolute Gasteiger partial charge is 0.367 e. The maximum Gasteiger partial charge on any atom is 0.255 e. The van der Waals surface area contributed by atoms with E-state index in [1.54, 1.807) is 16.9 Å². The van der Waals surface area contributed by atoms with Gasteiger partial charge in [-0.15, -0.1) is 5.10 Å². The molecule has 1 aliphatic heterocycles. The van der Waals surface area contributed by atoms with Gasteiger partial charge in [-0.05, 0) is 31.0 Å². The molecule has 0 saturated carbocycles. The Bertz CT molecular complexity index is 851. The summed E-state index contributed by atoms with van der Waals surface area (Å²) >= 11 is 0. The molecule has 2 N–H and O–H groups in total. The molecule has 3 aromatic rings. The lowest BCUT2D eigenvalue weighted by Gasteiger charge is -2.17. The molecule has 7 heteroatoms. The first-order chi connectivity index (χ1) is 11.2. The molecule has 0 aromatic carbocycles. The van der Waals surface area contributed by atoms with Crippen molar-refractivity contribution >= 4 is 17.4 Å². The van der Waals surface area contributed by atoms with Crippen LogP contribution >= 0.6 is 0 Å². The number of aromatic amines is 1. The molecular weight excluding hydrogens is 292 g/mol. The van der Waals surface area contributed by atoms with Crippen LogP contribution in [0.2, 0.25) is 0 Å². The number of fused-ring (bicyclic) bond motifs is 1. The summed E-state index contributed by atoms with van der Waals surface area (Å²) in [7, 11) is 0. The van der Waals surface area contributed by atoms with Crippen molar-refractivity contribution in [3.05, 3.63) is 48.0 Å². The molecule has 1 fully saturated rings. The highest BCUT2D eigenvalue weighted by Crippen LogP contribution is 2.18. The van der Waals surface area contributed by atoms with Gasteiger partial charge in [0.15, 0.2) is 5.65 Å². The molecule has 0 unspecified atom stereocenters. The zero-order valence-corrected chi connectivity index (χ0v) is 12.9. The van der Waals surface area contributed by atoms with Crippen molar-refractivity contribution in [1.29, 1.82) is 0 Å². The summed E-state index contributed by atoms with van der Waals surface area (Å²) < 4.78 is 1.74. The van der Waals surface area contributed by atoms with Crippen LogP contribution in [0, 0.1) is 6.92 Å². The molecule has 3 aromatic heterocycles. The third-order valence-electron chi connectivity index (χ3n) is 4.27. The molecule has 1 amide bonds. The number of H-pyrrole nitrogens is 1. The fraction of sp³-hybridized carbons (Fsp3) is 0.312. The number of hydrogen-bond donors (Lipinski definition) is 2. The topological polar surface area (TPSA) is 78.3 Å². The van der Waals surface area contributed by atoms with E-state index in [1.165, 1.54) is 0 Å². The Balaban J connectivity index is 1.44. The van der Waals surface area contributed by atoms with E-state index < -0.39 is 0 Å². The SMILES string of the molecule is Cc1c[nH]cc1C(=O)N1CC[C@H](Nc2ccc3nccn3n2)C1. The average Bonchev–Trinajstić information content (AvgIpc) is 3.26. The van der Waals surface area contributed by atoms with Crippen LogP contribution in [0.5, 0.6) is 0 Å². The van der Waals surface area contributed by atoms with Crippen LogP contribution in [0.15, 0.2) is 36.9 Å². The van der Waals surface area contributed by atoms with Crippen LogP contribution in [0.3, 0.4) is 0 Å². The Kier molecular flexibility index (Phi) is 3.25. The lowest BCUT2D eigenvalue weighted by molar-refractivity contribution is 0.0791. The number of aryl methyl sites for hydroxylation is 1. The molecule has 0 bridgehead atoms. The number of amides is 1. The van der Waals surface area contributed by atoms with Crippen molar-refractivity contribution in [1.82, 2.24) is 24.5 Å². The van der Waals surface area contributed by atoms with E-state index in [0.717, 1.165) is 35.6 Å². The van der Waals surface area contributed by atoms with E-state index in [0.29, 0.717) is 6.54 Å². The highest BCUT2D eigenvalue weighted by Gasteiger charge is 2.28. The third-order valence-corrected chi connectivity index (χ3v) is 4.27. The molecule has 23 heavy (non-hydrogen) atoms. The van der Waals surface area contributed by atoms with Gasteiger partial charge in [-0.1, -0.05) is 0 Å². The van der Waals surface area contributed by atoms with Crippen LogP contribution in [0.25, 0.3) is 5.65 Å². The van der Waals surface area contributed by atoms with E-state index in [1.807, 2.05) is 36.4 Å². The smallest absolute Gasteiger partial charge is 0.255 e. The van der Waals surface area contributed by atoms with Gasteiger partial charge in [0.25, 0.3) is 5.91 Å². The minimum absolute atomic E-state index is 0.0890. The molecule has 4 heterocycles. The number of carbonyl (C=O) groups is 1. The lowest BCUT2D eigenvalue weighted by atomic mass is 10.2. The van der Waals surface area contributed by atoms with Crippen molar-refractivity contribution in [3.8, 4) is 0 Å². The molecule has 1 saturated heterocycles. The molecular formula is C16H18N6O. The van der Waals surface area contributed by atoms with Crippen molar-refractivity contribution in [2.75, 3.05) is 18.4 Å². The Labute approximate surface area is 133 Å². The second kappa shape index (κ2) is 5.42. The summed E-state index contributed by atoms with van der Waals surface area (Å²) in [6.07, 6.45) is 8.08. The van der Waals surface area contributed by atoms with Gasteiger partial charge in [-0.2, -0.15) is 0 Å². The van der Waals surface area contributed by atoms with Crippen molar-refractivity contribution < 1.29 is 4.79 Å². The Morgan fingerprint density at radius 1 is 1.39 bits per heavy atom. The van der Waals surface area contributed by atoms with Gasteiger partial charge >= 0.3 is 0 Å². The fourth-order valence-electron chi connectivity index (χ4n) is 3.01. The maximum absolute atomic E-state index is 12.5. The number of nitrogens with zero attached hydrogens (tertiary/aromatic N) is 4. The predicted octanol–water partition coefficient (Wildman–Crippen LogP) is 1.69. The molecule has 1 atom stereocenters. The highest BCUT2D eigenvalue weighted by atomic mass is 16.2. The molecule has 118 valence electrons. The van der Waals surface area contributed by atoms with E-state index in [9.17, 15) is 4.79 Å². The summed E-state index contributed by atoms with van der Waals surface area (Å²) in [5.41, 5.74) is 2.56. The second-order valence-corrected chi connectivity index (χ2v) is 5.88. The Hall–Kier alpha value is -2.83. The van der Waals surface area contributed by atoms with Gasteiger partial charge in [0.1, 0.15) is 5.82 Å². The Morgan fingerprint density at radius 2 is 2.30 bits per heavy atom. The molecule has 1 aliphatic rings. The predicted molar refractivity (Wildman–Crippen MR) is 86.4 cm³/mol. The normalized spacial score (nSPS) is 17.8. The monoisotopic (exact) mass is 310 g/mol. The van der Waals surface area contributed by atoms with E-state index in [4.69, 9.17) is 0 Å². The number of carbonyl (C=O) groups excluding carboxylic acids is 1. The van der Waals surface area contributed by atoms with Crippen LogP contribution < -0.4 is 5.32 Å².